The molecule has 34 heavy (non-hydrogen) atoms. The number of urea groups is 1. The van der Waals surface area contributed by atoms with Gasteiger partial charge in [0.1, 0.15) is 11.6 Å². The minimum absolute atomic E-state index is 0.0377. The van der Waals surface area contributed by atoms with Gasteiger partial charge in [-0.15, -0.1) is 0 Å². The van der Waals surface area contributed by atoms with Gasteiger partial charge in [-0.3, -0.25) is 4.90 Å². The SMILES string of the molecule is CC1CN(CC2CCN(C)CC2)CC(C)N1C(=O)NC(c1cccc(F)c1)c1cccc(F)c1. The van der Waals surface area contributed by atoms with Crippen molar-refractivity contribution in [2.24, 2.45) is 5.92 Å². The maximum Gasteiger partial charge on any atom is 0.318 e. The molecule has 0 spiro atoms. The Morgan fingerprint density at radius 3 is 2.00 bits per heavy atom. The van der Waals surface area contributed by atoms with Crippen LogP contribution in [0.3, 0.4) is 0 Å². The number of carbonyl (C=O) groups excluding carboxylic acids is 1. The Morgan fingerprint density at radius 2 is 1.50 bits per heavy atom. The van der Waals surface area contributed by atoms with Crippen molar-refractivity contribution in [3.63, 3.8) is 0 Å². The van der Waals surface area contributed by atoms with Crippen molar-refractivity contribution in [1.82, 2.24) is 20.0 Å². The smallest absolute Gasteiger partial charge is 0.318 e. The standard InChI is InChI=1S/C27H36F2N4O/c1-19-16-32(18-21-10-12-31(3)13-11-21)17-20(2)33(19)27(34)30-26(22-6-4-8-24(28)14-22)23-7-5-9-25(29)15-23/h4-9,14-15,19-21,26H,10-13,16-18H2,1-3H3,(H,30,34). The van der Waals surface area contributed by atoms with Gasteiger partial charge in [-0.25, -0.2) is 13.6 Å². The second-order valence-electron chi connectivity index (χ2n) is 10.1. The van der Waals surface area contributed by atoms with Crippen LogP contribution in [0.25, 0.3) is 0 Å². The van der Waals surface area contributed by atoms with Crippen molar-refractivity contribution in [2.75, 3.05) is 39.8 Å². The number of halogens is 2. The van der Waals surface area contributed by atoms with E-state index in [4.69, 9.17) is 0 Å². The third kappa shape index (κ3) is 5.94. The summed E-state index contributed by atoms with van der Waals surface area (Å²) >= 11 is 0. The molecule has 1 N–H and O–H groups in total. The quantitative estimate of drug-likeness (QED) is 0.699. The Kier molecular flexibility index (Phi) is 7.84. The van der Waals surface area contributed by atoms with Gasteiger partial charge in [-0.2, -0.15) is 0 Å². The highest BCUT2D eigenvalue weighted by atomic mass is 19.1. The van der Waals surface area contributed by atoms with Gasteiger partial charge < -0.3 is 15.1 Å². The number of nitrogens with zero attached hydrogens (tertiary/aromatic N) is 3. The van der Waals surface area contributed by atoms with Gasteiger partial charge in [0.05, 0.1) is 6.04 Å². The Hall–Kier alpha value is -2.51. The van der Waals surface area contributed by atoms with Gasteiger partial charge in [0.25, 0.3) is 0 Å². The zero-order valence-corrected chi connectivity index (χ0v) is 20.4. The number of hydrogen-bond acceptors (Lipinski definition) is 3. The van der Waals surface area contributed by atoms with Gasteiger partial charge in [0.15, 0.2) is 0 Å². The fourth-order valence-corrected chi connectivity index (χ4v) is 5.52. The lowest BCUT2D eigenvalue weighted by Gasteiger charge is -2.46. The van der Waals surface area contributed by atoms with E-state index in [9.17, 15) is 13.6 Å². The first kappa shape index (κ1) is 24.6. The predicted molar refractivity (Wildman–Crippen MR) is 131 cm³/mol. The lowest BCUT2D eigenvalue weighted by atomic mass is 9.95. The van der Waals surface area contributed by atoms with Gasteiger partial charge in [-0.05, 0) is 88.1 Å². The summed E-state index contributed by atoms with van der Waals surface area (Å²) in [6, 6.07) is 11.5. The number of amides is 2. The topological polar surface area (TPSA) is 38.8 Å². The summed E-state index contributed by atoms with van der Waals surface area (Å²) in [5.74, 6) is -0.0730. The highest BCUT2D eigenvalue weighted by Crippen LogP contribution is 2.26. The largest absolute Gasteiger partial charge is 0.327 e. The Bertz CT molecular complexity index is 921. The van der Waals surface area contributed by atoms with Crippen LogP contribution in [0.2, 0.25) is 0 Å². The average molecular weight is 471 g/mol. The maximum absolute atomic E-state index is 14.0. The van der Waals surface area contributed by atoms with Crippen LogP contribution in [-0.2, 0) is 0 Å². The molecule has 4 rings (SSSR count). The third-order valence-corrected chi connectivity index (χ3v) is 7.22. The molecule has 2 fully saturated rings. The van der Waals surface area contributed by atoms with Crippen LogP contribution in [0, 0.1) is 17.6 Å². The summed E-state index contributed by atoms with van der Waals surface area (Å²) < 4.78 is 28.0. The molecule has 2 aliphatic rings. The normalized spacial score (nSPS) is 22.8. The molecule has 2 amide bonds. The van der Waals surface area contributed by atoms with Gasteiger partial charge in [-0.1, -0.05) is 24.3 Å². The van der Waals surface area contributed by atoms with E-state index in [1.165, 1.54) is 37.1 Å². The van der Waals surface area contributed by atoms with E-state index in [1.54, 1.807) is 24.3 Å². The molecule has 0 aliphatic carbocycles. The number of carbonyl (C=O) groups is 1. The van der Waals surface area contributed by atoms with Crippen molar-refractivity contribution < 1.29 is 13.6 Å². The molecule has 2 aromatic rings. The van der Waals surface area contributed by atoms with Crippen molar-refractivity contribution >= 4 is 6.03 Å². The number of piperazine rings is 1. The summed E-state index contributed by atoms with van der Waals surface area (Å²) in [4.78, 5) is 20.2. The second kappa shape index (κ2) is 10.8. The second-order valence-corrected chi connectivity index (χ2v) is 10.1. The first-order chi connectivity index (χ1) is 16.3. The molecule has 0 radical (unpaired) electrons. The fourth-order valence-electron chi connectivity index (χ4n) is 5.52. The molecule has 184 valence electrons. The van der Waals surface area contributed by atoms with Crippen LogP contribution in [0.1, 0.15) is 43.9 Å². The molecule has 2 atom stereocenters. The molecule has 5 nitrogen and oxygen atoms in total. The lowest BCUT2D eigenvalue weighted by molar-refractivity contribution is 0.0477. The van der Waals surface area contributed by atoms with Crippen LogP contribution in [0.5, 0.6) is 0 Å². The molecular weight excluding hydrogens is 434 g/mol. The van der Waals surface area contributed by atoms with E-state index >= 15 is 0 Å². The first-order valence-corrected chi connectivity index (χ1v) is 12.3. The van der Waals surface area contributed by atoms with E-state index in [1.807, 2.05) is 4.90 Å². The Labute approximate surface area is 201 Å². The van der Waals surface area contributed by atoms with Crippen molar-refractivity contribution in [1.29, 1.82) is 0 Å². The van der Waals surface area contributed by atoms with Crippen molar-refractivity contribution in [3.05, 3.63) is 71.3 Å². The molecule has 2 saturated heterocycles. The van der Waals surface area contributed by atoms with E-state index < -0.39 is 17.7 Å². The number of hydrogen-bond donors (Lipinski definition) is 1. The molecule has 0 bridgehead atoms. The Morgan fingerprint density at radius 1 is 0.971 bits per heavy atom. The molecular formula is C27H36F2N4O. The third-order valence-electron chi connectivity index (χ3n) is 7.22. The highest BCUT2D eigenvalue weighted by Gasteiger charge is 2.35. The Balaban J connectivity index is 1.46. The average Bonchev–Trinajstić information content (AvgIpc) is 2.78. The maximum atomic E-state index is 14.0. The molecule has 2 aliphatic heterocycles. The predicted octanol–water partition coefficient (Wildman–Crippen LogP) is 4.50. The van der Waals surface area contributed by atoms with Crippen molar-refractivity contribution in [2.45, 2.75) is 44.8 Å². The van der Waals surface area contributed by atoms with E-state index in [0.717, 1.165) is 32.7 Å². The minimum atomic E-state index is -0.643. The van der Waals surface area contributed by atoms with Crippen LogP contribution in [0.15, 0.2) is 48.5 Å². The summed E-state index contributed by atoms with van der Waals surface area (Å²) in [7, 11) is 2.18. The number of rotatable bonds is 5. The molecule has 2 unspecified atom stereocenters. The number of likely N-dealkylation sites (tertiary alicyclic amines) is 1. The zero-order chi connectivity index (χ0) is 24.2. The summed E-state index contributed by atoms with van der Waals surface area (Å²) in [6.07, 6.45) is 2.45. The van der Waals surface area contributed by atoms with Gasteiger partial charge in [0.2, 0.25) is 0 Å². The van der Waals surface area contributed by atoms with Crippen molar-refractivity contribution in [3.8, 4) is 0 Å². The molecule has 0 saturated carbocycles. The van der Waals surface area contributed by atoms with Crippen LogP contribution in [0.4, 0.5) is 13.6 Å². The number of benzene rings is 2. The first-order valence-electron chi connectivity index (χ1n) is 12.3. The number of piperidine rings is 1. The van der Waals surface area contributed by atoms with Crippen LogP contribution >= 0.6 is 0 Å². The fraction of sp³-hybridized carbons (Fsp3) is 0.519. The minimum Gasteiger partial charge on any atom is -0.327 e. The zero-order valence-electron chi connectivity index (χ0n) is 20.4. The lowest BCUT2D eigenvalue weighted by Crippen LogP contribution is -2.61. The summed E-state index contributed by atoms with van der Waals surface area (Å²) in [5, 5.41) is 3.07. The number of nitrogens with one attached hydrogen (secondary N) is 1. The van der Waals surface area contributed by atoms with E-state index in [-0.39, 0.29) is 18.1 Å². The molecule has 7 heteroatoms. The molecule has 0 aromatic heterocycles. The summed E-state index contributed by atoms with van der Waals surface area (Å²) in [6.45, 7) is 9.20. The summed E-state index contributed by atoms with van der Waals surface area (Å²) in [5.41, 5.74) is 1.17. The van der Waals surface area contributed by atoms with E-state index in [0.29, 0.717) is 17.0 Å². The molecule has 2 aromatic carbocycles. The van der Waals surface area contributed by atoms with Crippen LogP contribution < -0.4 is 5.32 Å². The molecule has 2 heterocycles. The van der Waals surface area contributed by atoms with Gasteiger partial charge in [0, 0.05) is 31.7 Å². The van der Waals surface area contributed by atoms with E-state index in [2.05, 4.69) is 36.0 Å². The van der Waals surface area contributed by atoms with Crippen LogP contribution in [-0.4, -0.2) is 72.6 Å². The monoisotopic (exact) mass is 470 g/mol. The highest BCUT2D eigenvalue weighted by molar-refractivity contribution is 5.76. The van der Waals surface area contributed by atoms with Gasteiger partial charge >= 0.3 is 6.03 Å².